The highest BCUT2D eigenvalue weighted by molar-refractivity contribution is 5.25. The summed E-state index contributed by atoms with van der Waals surface area (Å²) < 4.78 is 0. The van der Waals surface area contributed by atoms with Gasteiger partial charge in [0.1, 0.15) is 5.82 Å². The summed E-state index contributed by atoms with van der Waals surface area (Å²) in [6.45, 7) is 8.64. The Morgan fingerprint density at radius 1 is 0.952 bits per heavy atom. The predicted octanol–water partition coefficient (Wildman–Crippen LogP) is 4.07. The van der Waals surface area contributed by atoms with Crippen LogP contribution in [-0.2, 0) is 6.42 Å². The van der Waals surface area contributed by atoms with E-state index < -0.39 is 0 Å². The quantitative estimate of drug-likeness (QED) is 0.633. The minimum Gasteiger partial charge on any atom is -0.316 e. The molecule has 0 radical (unpaired) electrons. The third-order valence-corrected chi connectivity index (χ3v) is 4.64. The average molecular weight is 289 g/mol. The molecule has 1 fully saturated rings. The summed E-state index contributed by atoms with van der Waals surface area (Å²) in [7, 11) is 0. The van der Waals surface area contributed by atoms with Crippen LogP contribution in [0, 0.1) is 13.8 Å². The number of nitrogens with zero attached hydrogens (tertiary/aromatic N) is 2. The highest BCUT2D eigenvalue weighted by atomic mass is 14.9. The van der Waals surface area contributed by atoms with Crippen LogP contribution in [0.1, 0.15) is 80.6 Å². The zero-order valence-electron chi connectivity index (χ0n) is 14.0. The van der Waals surface area contributed by atoms with E-state index in [1.807, 2.05) is 0 Å². The Kier molecular flexibility index (Phi) is 6.62. The molecule has 1 N–H and O–H groups in total. The van der Waals surface area contributed by atoms with Crippen molar-refractivity contribution in [2.45, 2.75) is 78.1 Å². The van der Waals surface area contributed by atoms with E-state index in [2.05, 4.69) is 26.1 Å². The standard InChI is InChI=1S/C18H31N3/c1-4-12-19-13-11-17-14(2)20-18(21-15(17)3)16-9-7-5-6-8-10-16/h16,19H,4-13H2,1-3H3. The highest BCUT2D eigenvalue weighted by Gasteiger charge is 2.19. The van der Waals surface area contributed by atoms with Gasteiger partial charge >= 0.3 is 0 Å². The lowest BCUT2D eigenvalue weighted by molar-refractivity contribution is 0.554. The van der Waals surface area contributed by atoms with Crippen molar-refractivity contribution in [3.63, 3.8) is 0 Å². The second kappa shape index (κ2) is 8.47. The van der Waals surface area contributed by atoms with Gasteiger partial charge in [-0.2, -0.15) is 0 Å². The fourth-order valence-corrected chi connectivity index (χ4v) is 3.36. The molecule has 21 heavy (non-hydrogen) atoms. The van der Waals surface area contributed by atoms with E-state index >= 15 is 0 Å². The van der Waals surface area contributed by atoms with Gasteiger partial charge in [0.15, 0.2) is 0 Å². The predicted molar refractivity (Wildman–Crippen MR) is 88.8 cm³/mol. The minimum atomic E-state index is 0.595. The number of aromatic nitrogens is 2. The van der Waals surface area contributed by atoms with Crippen LogP contribution in [0.25, 0.3) is 0 Å². The third-order valence-electron chi connectivity index (χ3n) is 4.64. The van der Waals surface area contributed by atoms with Crippen LogP contribution in [0.2, 0.25) is 0 Å². The topological polar surface area (TPSA) is 37.8 Å². The van der Waals surface area contributed by atoms with Crippen LogP contribution >= 0.6 is 0 Å². The van der Waals surface area contributed by atoms with Crippen molar-refractivity contribution in [1.82, 2.24) is 15.3 Å². The first-order valence-electron chi connectivity index (χ1n) is 8.77. The summed E-state index contributed by atoms with van der Waals surface area (Å²) in [4.78, 5) is 9.72. The first kappa shape index (κ1) is 16.4. The molecule has 0 unspecified atom stereocenters. The molecule has 1 aliphatic rings. The number of nitrogens with one attached hydrogen (secondary N) is 1. The molecule has 0 aromatic carbocycles. The summed E-state index contributed by atoms with van der Waals surface area (Å²) in [5.74, 6) is 1.70. The van der Waals surface area contributed by atoms with Gasteiger partial charge in [-0.1, -0.05) is 32.6 Å². The van der Waals surface area contributed by atoms with Gasteiger partial charge in [-0.05, 0) is 58.2 Å². The molecule has 118 valence electrons. The molecular weight excluding hydrogens is 258 g/mol. The summed E-state index contributed by atoms with van der Waals surface area (Å²) in [5.41, 5.74) is 3.73. The highest BCUT2D eigenvalue weighted by Crippen LogP contribution is 2.30. The van der Waals surface area contributed by atoms with E-state index in [0.717, 1.165) is 25.3 Å². The maximum absolute atomic E-state index is 4.86. The van der Waals surface area contributed by atoms with Crippen LogP contribution < -0.4 is 5.32 Å². The Balaban J connectivity index is 2.05. The lowest BCUT2D eigenvalue weighted by atomic mass is 9.98. The maximum Gasteiger partial charge on any atom is 0.131 e. The van der Waals surface area contributed by atoms with Gasteiger partial charge in [0, 0.05) is 17.3 Å². The molecule has 0 saturated heterocycles. The summed E-state index contributed by atoms with van der Waals surface area (Å²) in [5, 5.41) is 3.47. The van der Waals surface area contributed by atoms with Crippen LogP contribution in [0.3, 0.4) is 0 Å². The molecule has 3 nitrogen and oxygen atoms in total. The average Bonchev–Trinajstić information content (AvgIpc) is 2.74. The molecule has 1 aromatic heterocycles. The fraction of sp³-hybridized carbons (Fsp3) is 0.778. The molecular formula is C18H31N3. The van der Waals surface area contributed by atoms with Gasteiger partial charge in [-0.15, -0.1) is 0 Å². The molecule has 1 aromatic rings. The Hall–Kier alpha value is -0.960. The summed E-state index contributed by atoms with van der Waals surface area (Å²) in [6, 6.07) is 0. The molecule has 2 rings (SSSR count). The number of rotatable bonds is 6. The lowest BCUT2D eigenvalue weighted by Gasteiger charge is -2.16. The van der Waals surface area contributed by atoms with E-state index in [1.54, 1.807) is 0 Å². The third kappa shape index (κ3) is 4.77. The van der Waals surface area contributed by atoms with E-state index in [1.165, 1.54) is 61.9 Å². The Labute approximate surface area is 130 Å². The molecule has 0 amide bonds. The van der Waals surface area contributed by atoms with Gasteiger partial charge in [-0.25, -0.2) is 9.97 Å². The molecule has 0 spiro atoms. The van der Waals surface area contributed by atoms with Crippen molar-refractivity contribution < 1.29 is 0 Å². The largest absolute Gasteiger partial charge is 0.316 e. The molecule has 3 heteroatoms. The van der Waals surface area contributed by atoms with E-state index in [0.29, 0.717) is 5.92 Å². The van der Waals surface area contributed by atoms with E-state index in [4.69, 9.17) is 9.97 Å². The number of aryl methyl sites for hydroxylation is 2. The number of hydrogen-bond acceptors (Lipinski definition) is 3. The molecule has 1 heterocycles. The molecule has 0 bridgehead atoms. The second-order valence-corrected chi connectivity index (χ2v) is 6.42. The first-order chi connectivity index (χ1) is 10.2. The Bertz CT molecular complexity index is 411. The Morgan fingerprint density at radius 2 is 1.57 bits per heavy atom. The van der Waals surface area contributed by atoms with Crippen molar-refractivity contribution in [3.05, 3.63) is 22.8 Å². The maximum atomic E-state index is 4.86. The van der Waals surface area contributed by atoms with Gasteiger partial charge < -0.3 is 5.32 Å². The Morgan fingerprint density at radius 3 is 2.14 bits per heavy atom. The van der Waals surface area contributed by atoms with Gasteiger partial charge in [0.25, 0.3) is 0 Å². The normalized spacial score (nSPS) is 16.9. The van der Waals surface area contributed by atoms with E-state index in [9.17, 15) is 0 Å². The second-order valence-electron chi connectivity index (χ2n) is 6.42. The first-order valence-corrected chi connectivity index (χ1v) is 8.77. The van der Waals surface area contributed by atoms with Gasteiger partial charge in [0.05, 0.1) is 0 Å². The molecule has 1 aliphatic carbocycles. The lowest BCUT2D eigenvalue weighted by Crippen LogP contribution is -2.19. The monoisotopic (exact) mass is 289 g/mol. The van der Waals surface area contributed by atoms with Crippen molar-refractivity contribution in [3.8, 4) is 0 Å². The minimum absolute atomic E-state index is 0.595. The van der Waals surface area contributed by atoms with Crippen molar-refractivity contribution >= 4 is 0 Å². The zero-order chi connectivity index (χ0) is 15.1. The van der Waals surface area contributed by atoms with Crippen LogP contribution in [0.4, 0.5) is 0 Å². The van der Waals surface area contributed by atoms with Gasteiger partial charge in [-0.3, -0.25) is 0 Å². The van der Waals surface area contributed by atoms with Crippen molar-refractivity contribution in [2.75, 3.05) is 13.1 Å². The molecule has 1 saturated carbocycles. The number of hydrogen-bond donors (Lipinski definition) is 1. The van der Waals surface area contributed by atoms with Crippen LogP contribution in [0.15, 0.2) is 0 Å². The fourth-order valence-electron chi connectivity index (χ4n) is 3.36. The summed E-state index contributed by atoms with van der Waals surface area (Å²) >= 11 is 0. The zero-order valence-corrected chi connectivity index (χ0v) is 14.0. The van der Waals surface area contributed by atoms with E-state index in [-0.39, 0.29) is 0 Å². The van der Waals surface area contributed by atoms with Crippen molar-refractivity contribution in [1.29, 1.82) is 0 Å². The smallest absolute Gasteiger partial charge is 0.131 e. The summed E-state index contributed by atoms with van der Waals surface area (Å²) in [6.07, 6.45) is 10.2. The van der Waals surface area contributed by atoms with Crippen LogP contribution in [-0.4, -0.2) is 23.1 Å². The van der Waals surface area contributed by atoms with Crippen molar-refractivity contribution in [2.24, 2.45) is 0 Å². The SMILES string of the molecule is CCCNCCc1c(C)nc(C2CCCCCC2)nc1C. The molecule has 0 atom stereocenters. The molecule has 0 aliphatic heterocycles. The van der Waals surface area contributed by atoms with Gasteiger partial charge in [0.2, 0.25) is 0 Å². The van der Waals surface area contributed by atoms with Crippen LogP contribution in [0.5, 0.6) is 0 Å².